The SMILES string of the molecule is CCNC(=NCc1cccc(S(=O)(=O)NC)c1)NCCCOC.I. The topological polar surface area (TPSA) is 91.8 Å². The third kappa shape index (κ3) is 8.27. The number of nitrogens with one attached hydrogen (secondary N) is 3. The maximum atomic E-state index is 11.8. The molecule has 0 aliphatic carbocycles. The van der Waals surface area contributed by atoms with Gasteiger partial charge in [0.2, 0.25) is 10.0 Å². The third-order valence-corrected chi connectivity index (χ3v) is 4.47. The van der Waals surface area contributed by atoms with Gasteiger partial charge in [0.1, 0.15) is 0 Å². The summed E-state index contributed by atoms with van der Waals surface area (Å²) >= 11 is 0. The molecule has 0 radical (unpaired) electrons. The Bertz CT molecular complexity index is 608. The summed E-state index contributed by atoms with van der Waals surface area (Å²) in [6.07, 6.45) is 0.886. The largest absolute Gasteiger partial charge is 0.385 e. The highest BCUT2D eigenvalue weighted by molar-refractivity contribution is 14.0. The van der Waals surface area contributed by atoms with Gasteiger partial charge >= 0.3 is 0 Å². The molecule has 1 aromatic carbocycles. The van der Waals surface area contributed by atoms with Crippen LogP contribution in [0.3, 0.4) is 0 Å². The van der Waals surface area contributed by atoms with E-state index in [2.05, 4.69) is 20.3 Å². The highest BCUT2D eigenvalue weighted by Crippen LogP contribution is 2.11. The van der Waals surface area contributed by atoms with Crippen molar-refractivity contribution in [3.05, 3.63) is 29.8 Å². The van der Waals surface area contributed by atoms with Gasteiger partial charge in [0, 0.05) is 26.8 Å². The van der Waals surface area contributed by atoms with Crippen LogP contribution in [0.4, 0.5) is 0 Å². The number of methoxy groups -OCH3 is 1. The van der Waals surface area contributed by atoms with Crippen LogP contribution in [0.1, 0.15) is 18.9 Å². The van der Waals surface area contributed by atoms with Crippen LogP contribution in [-0.4, -0.2) is 48.2 Å². The van der Waals surface area contributed by atoms with Crippen LogP contribution in [-0.2, 0) is 21.3 Å². The number of benzene rings is 1. The number of ether oxygens (including phenoxy) is 1. The number of hydrogen-bond donors (Lipinski definition) is 3. The van der Waals surface area contributed by atoms with E-state index in [0.29, 0.717) is 19.1 Å². The molecule has 0 saturated carbocycles. The van der Waals surface area contributed by atoms with E-state index in [1.54, 1.807) is 25.3 Å². The number of nitrogens with zero attached hydrogens (tertiary/aromatic N) is 1. The molecule has 3 N–H and O–H groups in total. The van der Waals surface area contributed by atoms with E-state index in [1.165, 1.54) is 7.05 Å². The van der Waals surface area contributed by atoms with E-state index < -0.39 is 10.0 Å². The predicted octanol–water partition coefficient (Wildman–Crippen LogP) is 1.30. The second-order valence-corrected chi connectivity index (χ2v) is 6.71. The summed E-state index contributed by atoms with van der Waals surface area (Å²) in [5, 5.41) is 6.36. The van der Waals surface area contributed by atoms with Gasteiger partial charge in [0.25, 0.3) is 0 Å². The first-order valence-electron chi connectivity index (χ1n) is 7.57. The van der Waals surface area contributed by atoms with E-state index in [4.69, 9.17) is 4.74 Å². The second kappa shape index (κ2) is 12.5. The summed E-state index contributed by atoms with van der Waals surface area (Å²) in [7, 11) is -0.365. The van der Waals surface area contributed by atoms with Crippen molar-refractivity contribution in [1.82, 2.24) is 15.4 Å². The Hall–Kier alpha value is -0.910. The van der Waals surface area contributed by atoms with Crippen LogP contribution >= 0.6 is 24.0 Å². The first-order valence-corrected chi connectivity index (χ1v) is 9.05. The van der Waals surface area contributed by atoms with Crippen LogP contribution in [0.5, 0.6) is 0 Å². The number of guanidine groups is 1. The maximum Gasteiger partial charge on any atom is 0.240 e. The van der Waals surface area contributed by atoms with Gasteiger partial charge in [0.05, 0.1) is 11.4 Å². The van der Waals surface area contributed by atoms with Crippen molar-refractivity contribution < 1.29 is 13.2 Å². The zero-order valence-electron chi connectivity index (χ0n) is 14.3. The molecular weight excluding hydrogens is 443 g/mol. The van der Waals surface area contributed by atoms with Crippen LogP contribution in [0, 0.1) is 0 Å². The third-order valence-electron chi connectivity index (χ3n) is 3.06. The normalized spacial score (nSPS) is 11.7. The van der Waals surface area contributed by atoms with Gasteiger partial charge in [-0.15, -0.1) is 24.0 Å². The Morgan fingerprint density at radius 3 is 2.67 bits per heavy atom. The molecule has 0 saturated heterocycles. The van der Waals surface area contributed by atoms with Gasteiger partial charge in [-0.1, -0.05) is 12.1 Å². The molecule has 0 heterocycles. The van der Waals surface area contributed by atoms with Crippen molar-refractivity contribution in [2.45, 2.75) is 24.8 Å². The first kappa shape index (κ1) is 23.1. The average Bonchev–Trinajstić information content (AvgIpc) is 2.56. The number of halogens is 1. The van der Waals surface area contributed by atoms with Crippen molar-refractivity contribution in [3.63, 3.8) is 0 Å². The summed E-state index contributed by atoms with van der Waals surface area (Å²) in [6, 6.07) is 6.76. The van der Waals surface area contributed by atoms with Crippen molar-refractivity contribution >= 4 is 40.0 Å². The minimum atomic E-state index is -3.43. The monoisotopic (exact) mass is 470 g/mol. The van der Waals surface area contributed by atoms with E-state index >= 15 is 0 Å². The van der Waals surface area contributed by atoms with Crippen LogP contribution in [0.2, 0.25) is 0 Å². The van der Waals surface area contributed by atoms with Gasteiger partial charge in [-0.25, -0.2) is 18.1 Å². The standard InChI is InChI=1S/C15H26N4O3S.HI/c1-4-17-15(18-9-6-10-22-3)19-12-13-7-5-8-14(11-13)23(20,21)16-2;/h5,7-8,11,16H,4,6,9-10,12H2,1-3H3,(H2,17,18,19);1H. The summed E-state index contributed by atoms with van der Waals surface area (Å²) in [5.74, 6) is 0.700. The molecule has 138 valence electrons. The quantitative estimate of drug-likeness (QED) is 0.219. The summed E-state index contributed by atoms with van der Waals surface area (Å²) in [4.78, 5) is 4.71. The van der Waals surface area contributed by atoms with Gasteiger partial charge in [-0.2, -0.15) is 0 Å². The first-order chi connectivity index (χ1) is 11.0. The Morgan fingerprint density at radius 1 is 1.29 bits per heavy atom. The molecule has 0 amide bonds. The van der Waals surface area contributed by atoms with Gasteiger partial charge in [-0.3, -0.25) is 0 Å². The fraction of sp³-hybridized carbons (Fsp3) is 0.533. The number of rotatable bonds is 9. The highest BCUT2D eigenvalue weighted by atomic mass is 127. The molecule has 1 aromatic rings. The lowest BCUT2D eigenvalue weighted by Crippen LogP contribution is -2.38. The predicted molar refractivity (Wildman–Crippen MR) is 107 cm³/mol. The van der Waals surface area contributed by atoms with Crippen molar-refractivity contribution in [1.29, 1.82) is 0 Å². The van der Waals surface area contributed by atoms with E-state index in [0.717, 1.165) is 25.1 Å². The maximum absolute atomic E-state index is 11.8. The van der Waals surface area contributed by atoms with Gasteiger partial charge in [0.15, 0.2) is 5.96 Å². The summed E-state index contributed by atoms with van der Waals surface area (Å²) in [6.45, 7) is 4.59. The zero-order valence-corrected chi connectivity index (χ0v) is 17.5. The smallest absolute Gasteiger partial charge is 0.240 e. The molecule has 1 rings (SSSR count). The molecule has 24 heavy (non-hydrogen) atoms. The molecular formula is C15H27IN4O3S. The minimum Gasteiger partial charge on any atom is -0.385 e. The van der Waals surface area contributed by atoms with Gasteiger partial charge < -0.3 is 15.4 Å². The average molecular weight is 470 g/mol. The Labute approximate surface area is 161 Å². The molecule has 0 fully saturated rings. The highest BCUT2D eigenvalue weighted by Gasteiger charge is 2.11. The zero-order chi connectivity index (χ0) is 17.1. The molecule has 0 bridgehead atoms. The number of sulfonamides is 1. The molecule has 0 aliphatic rings. The lowest BCUT2D eigenvalue weighted by Gasteiger charge is -2.11. The van der Waals surface area contributed by atoms with Crippen molar-refractivity contribution in [3.8, 4) is 0 Å². The fourth-order valence-corrected chi connectivity index (χ4v) is 2.66. The van der Waals surface area contributed by atoms with Gasteiger partial charge in [-0.05, 0) is 38.1 Å². The molecule has 9 heteroatoms. The lowest BCUT2D eigenvalue weighted by molar-refractivity contribution is 0.195. The number of hydrogen-bond acceptors (Lipinski definition) is 4. The van der Waals surface area contributed by atoms with E-state index in [9.17, 15) is 8.42 Å². The second-order valence-electron chi connectivity index (χ2n) is 4.82. The van der Waals surface area contributed by atoms with E-state index in [-0.39, 0.29) is 28.9 Å². The van der Waals surface area contributed by atoms with Crippen LogP contribution < -0.4 is 15.4 Å². The molecule has 0 aliphatic heterocycles. The summed E-state index contributed by atoms with van der Waals surface area (Å²) < 4.78 is 30.9. The summed E-state index contributed by atoms with van der Waals surface area (Å²) in [5.41, 5.74) is 0.829. The molecule has 0 aromatic heterocycles. The van der Waals surface area contributed by atoms with Crippen molar-refractivity contribution in [2.24, 2.45) is 4.99 Å². The molecule has 0 unspecified atom stereocenters. The Balaban J connectivity index is 0.00000529. The molecule has 7 nitrogen and oxygen atoms in total. The number of aliphatic imine (C=N–C) groups is 1. The Morgan fingerprint density at radius 2 is 2.04 bits per heavy atom. The molecule has 0 spiro atoms. The Kier molecular flexibility index (Phi) is 12.0. The lowest BCUT2D eigenvalue weighted by atomic mass is 10.2. The van der Waals surface area contributed by atoms with Crippen LogP contribution in [0.15, 0.2) is 34.2 Å². The fourth-order valence-electron chi connectivity index (χ4n) is 1.86. The molecule has 0 atom stereocenters. The van der Waals surface area contributed by atoms with E-state index in [1.807, 2.05) is 13.0 Å². The van der Waals surface area contributed by atoms with Crippen molar-refractivity contribution in [2.75, 3.05) is 33.9 Å². The minimum absolute atomic E-state index is 0. The van der Waals surface area contributed by atoms with Crippen LogP contribution in [0.25, 0.3) is 0 Å².